The topological polar surface area (TPSA) is 64.1 Å². The summed E-state index contributed by atoms with van der Waals surface area (Å²) in [6.07, 6.45) is 0.268. The van der Waals surface area contributed by atoms with Gasteiger partial charge in [-0.05, 0) is 47.1 Å². The molecule has 1 aromatic heterocycles. The number of ether oxygens (including phenoxy) is 1. The second kappa shape index (κ2) is 5.99. The standard InChI is InChI=1S/C14H23N3O2/c1-7-11(17-13(18)19-14(4,5)6)12-15-9(2)8-10(3)16-12/h8,11H,7H2,1-6H3,(H,17,18). The summed E-state index contributed by atoms with van der Waals surface area (Å²) in [6.45, 7) is 11.3. The first kappa shape index (κ1) is 15.4. The molecular weight excluding hydrogens is 242 g/mol. The molecule has 1 unspecified atom stereocenters. The van der Waals surface area contributed by atoms with Crippen molar-refractivity contribution in [3.8, 4) is 0 Å². The zero-order valence-electron chi connectivity index (χ0n) is 12.6. The van der Waals surface area contributed by atoms with Crippen LogP contribution >= 0.6 is 0 Å². The van der Waals surface area contributed by atoms with Crippen LogP contribution < -0.4 is 5.32 Å². The Morgan fingerprint density at radius 2 is 1.84 bits per heavy atom. The van der Waals surface area contributed by atoms with E-state index < -0.39 is 11.7 Å². The van der Waals surface area contributed by atoms with Gasteiger partial charge in [0, 0.05) is 11.4 Å². The van der Waals surface area contributed by atoms with Crippen molar-refractivity contribution < 1.29 is 9.53 Å². The van der Waals surface area contributed by atoms with E-state index in [1.54, 1.807) is 0 Å². The molecule has 0 saturated carbocycles. The number of carbonyl (C=O) groups is 1. The van der Waals surface area contributed by atoms with Crippen LogP contribution in [0.15, 0.2) is 6.07 Å². The van der Waals surface area contributed by atoms with Crippen molar-refractivity contribution in [2.45, 2.75) is 59.6 Å². The number of aromatic nitrogens is 2. The van der Waals surface area contributed by atoms with Crippen molar-refractivity contribution in [1.82, 2.24) is 15.3 Å². The smallest absolute Gasteiger partial charge is 0.408 e. The lowest BCUT2D eigenvalue weighted by molar-refractivity contribution is 0.0499. The predicted octanol–water partition coefficient (Wildman–Crippen LogP) is 3.07. The minimum Gasteiger partial charge on any atom is -0.444 e. The molecule has 19 heavy (non-hydrogen) atoms. The van der Waals surface area contributed by atoms with Crippen LogP contribution in [0.3, 0.4) is 0 Å². The highest BCUT2D eigenvalue weighted by molar-refractivity contribution is 5.68. The highest BCUT2D eigenvalue weighted by atomic mass is 16.6. The number of carbonyl (C=O) groups excluding carboxylic acids is 1. The van der Waals surface area contributed by atoms with Crippen LogP contribution in [0, 0.1) is 13.8 Å². The molecule has 0 aliphatic heterocycles. The van der Waals surface area contributed by atoms with Gasteiger partial charge in [-0.25, -0.2) is 14.8 Å². The molecule has 0 aromatic carbocycles. The number of amides is 1. The SMILES string of the molecule is CCC(NC(=O)OC(C)(C)C)c1nc(C)cc(C)n1. The minimum atomic E-state index is -0.508. The van der Waals surface area contributed by atoms with Crippen molar-refractivity contribution in [3.63, 3.8) is 0 Å². The maximum absolute atomic E-state index is 11.8. The molecule has 0 fully saturated rings. The van der Waals surface area contributed by atoms with E-state index in [2.05, 4.69) is 15.3 Å². The highest BCUT2D eigenvalue weighted by Crippen LogP contribution is 2.15. The van der Waals surface area contributed by atoms with Crippen molar-refractivity contribution in [3.05, 3.63) is 23.3 Å². The van der Waals surface area contributed by atoms with Gasteiger partial charge in [-0.2, -0.15) is 0 Å². The van der Waals surface area contributed by atoms with Crippen LogP contribution in [-0.2, 0) is 4.74 Å². The fourth-order valence-corrected chi connectivity index (χ4v) is 1.71. The molecule has 1 aromatic rings. The van der Waals surface area contributed by atoms with Crippen LogP contribution in [0.4, 0.5) is 4.79 Å². The quantitative estimate of drug-likeness (QED) is 0.912. The summed E-state index contributed by atoms with van der Waals surface area (Å²) in [5, 5.41) is 2.81. The number of rotatable bonds is 3. The molecule has 0 aliphatic rings. The van der Waals surface area contributed by atoms with Crippen LogP contribution in [0.25, 0.3) is 0 Å². The van der Waals surface area contributed by atoms with Crippen LogP contribution in [0.2, 0.25) is 0 Å². The van der Waals surface area contributed by atoms with Gasteiger partial charge in [-0.15, -0.1) is 0 Å². The van der Waals surface area contributed by atoms with Gasteiger partial charge in [0.25, 0.3) is 0 Å². The number of nitrogens with one attached hydrogen (secondary N) is 1. The van der Waals surface area contributed by atoms with Gasteiger partial charge >= 0.3 is 6.09 Å². The average molecular weight is 265 g/mol. The molecule has 1 atom stereocenters. The summed E-state index contributed by atoms with van der Waals surface area (Å²) in [6, 6.07) is 1.68. The van der Waals surface area contributed by atoms with Gasteiger partial charge in [0.05, 0.1) is 6.04 Å². The highest BCUT2D eigenvalue weighted by Gasteiger charge is 2.21. The molecule has 5 heteroatoms. The van der Waals surface area contributed by atoms with E-state index in [-0.39, 0.29) is 6.04 Å². The Hall–Kier alpha value is -1.65. The molecule has 0 bridgehead atoms. The predicted molar refractivity (Wildman–Crippen MR) is 73.9 cm³/mol. The lowest BCUT2D eigenvalue weighted by Gasteiger charge is -2.22. The Balaban J connectivity index is 2.81. The molecule has 5 nitrogen and oxygen atoms in total. The Morgan fingerprint density at radius 3 is 2.26 bits per heavy atom. The molecule has 0 saturated heterocycles. The van der Waals surface area contributed by atoms with Gasteiger partial charge in [0.2, 0.25) is 0 Å². The zero-order valence-corrected chi connectivity index (χ0v) is 12.6. The second-order valence-electron chi connectivity index (χ2n) is 5.62. The number of aryl methyl sites for hydroxylation is 2. The summed E-state index contributed by atoms with van der Waals surface area (Å²) in [7, 11) is 0. The Kier molecular flexibility index (Phi) is 4.86. The van der Waals surface area contributed by atoms with Crippen molar-refractivity contribution in [1.29, 1.82) is 0 Å². The van der Waals surface area contributed by atoms with Crippen LogP contribution in [0.5, 0.6) is 0 Å². The Labute approximate surface area is 114 Å². The summed E-state index contributed by atoms with van der Waals surface area (Å²) in [5.41, 5.74) is 1.28. The summed E-state index contributed by atoms with van der Waals surface area (Å²) >= 11 is 0. The van der Waals surface area contributed by atoms with E-state index in [1.165, 1.54) is 0 Å². The van der Waals surface area contributed by atoms with Crippen molar-refractivity contribution in [2.24, 2.45) is 0 Å². The largest absolute Gasteiger partial charge is 0.444 e. The molecule has 1 heterocycles. The first-order valence-corrected chi connectivity index (χ1v) is 6.53. The molecule has 106 valence electrons. The van der Waals surface area contributed by atoms with E-state index >= 15 is 0 Å². The third kappa shape index (κ3) is 5.24. The van der Waals surface area contributed by atoms with E-state index in [0.717, 1.165) is 11.4 Å². The Morgan fingerprint density at radius 1 is 1.32 bits per heavy atom. The van der Waals surface area contributed by atoms with Gasteiger partial charge in [-0.1, -0.05) is 6.92 Å². The fraction of sp³-hybridized carbons (Fsp3) is 0.643. The molecule has 0 spiro atoms. The lowest BCUT2D eigenvalue weighted by atomic mass is 10.2. The molecular formula is C14H23N3O2. The Bertz CT molecular complexity index is 432. The van der Waals surface area contributed by atoms with E-state index in [9.17, 15) is 4.79 Å². The first-order valence-electron chi connectivity index (χ1n) is 6.53. The van der Waals surface area contributed by atoms with E-state index in [1.807, 2.05) is 47.6 Å². The third-order valence-electron chi connectivity index (χ3n) is 2.41. The maximum atomic E-state index is 11.8. The number of hydrogen-bond acceptors (Lipinski definition) is 4. The lowest BCUT2D eigenvalue weighted by Crippen LogP contribution is -2.35. The monoisotopic (exact) mass is 265 g/mol. The molecule has 1 amide bonds. The van der Waals surface area contributed by atoms with Gasteiger partial charge in [0.15, 0.2) is 5.82 Å². The fourth-order valence-electron chi connectivity index (χ4n) is 1.71. The third-order valence-corrected chi connectivity index (χ3v) is 2.41. The number of hydrogen-bond donors (Lipinski definition) is 1. The zero-order chi connectivity index (χ0) is 14.6. The van der Waals surface area contributed by atoms with E-state index in [4.69, 9.17) is 4.74 Å². The van der Waals surface area contributed by atoms with E-state index in [0.29, 0.717) is 12.2 Å². The second-order valence-corrected chi connectivity index (χ2v) is 5.62. The number of alkyl carbamates (subject to hydrolysis) is 1. The normalized spacial score (nSPS) is 12.9. The van der Waals surface area contributed by atoms with Gasteiger partial charge < -0.3 is 10.1 Å². The molecule has 0 radical (unpaired) electrons. The van der Waals surface area contributed by atoms with Gasteiger partial charge in [0.1, 0.15) is 5.60 Å². The van der Waals surface area contributed by atoms with Crippen LogP contribution in [-0.4, -0.2) is 21.7 Å². The maximum Gasteiger partial charge on any atom is 0.408 e. The average Bonchev–Trinajstić information content (AvgIpc) is 2.21. The van der Waals surface area contributed by atoms with Crippen LogP contribution in [0.1, 0.15) is 57.4 Å². The molecule has 0 aliphatic carbocycles. The van der Waals surface area contributed by atoms with Crippen molar-refractivity contribution in [2.75, 3.05) is 0 Å². The number of nitrogens with zero attached hydrogens (tertiary/aromatic N) is 2. The molecule has 1 rings (SSSR count). The van der Waals surface area contributed by atoms with Gasteiger partial charge in [-0.3, -0.25) is 0 Å². The molecule has 1 N–H and O–H groups in total. The summed E-state index contributed by atoms with van der Waals surface area (Å²) in [4.78, 5) is 20.5. The minimum absolute atomic E-state index is 0.228. The first-order chi connectivity index (χ1) is 8.71. The summed E-state index contributed by atoms with van der Waals surface area (Å²) < 4.78 is 5.25. The summed E-state index contributed by atoms with van der Waals surface area (Å²) in [5.74, 6) is 0.630. The van der Waals surface area contributed by atoms with Crippen molar-refractivity contribution >= 4 is 6.09 Å².